The van der Waals surface area contributed by atoms with Gasteiger partial charge in [0, 0.05) is 7.05 Å². The van der Waals surface area contributed by atoms with E-state index in [1.165, 1.54) is 11.1 Å². The highest BCUT2D eigenvalue weighted by atomic mass is 16.5. The Kier molecular flexibility index (Phi) is 4.56. The van der Waals surface area contributed by atoms with Crippen LogP contribution in [-0.2, 0) is 6.61 Å². The number of ether oxygens (including phenoxy) is 1. The van der Waals surface area contributed by atoms with Crippen molar-refractivity contribution in [2.24, 2.45) is 5.10 Å². The van der Waals surface area contributed by atoms with Crippen molar-refractivity contribution in [3.63, 3.8) is 0 Å². The van der Waals surface area contributed by atoms with Crippen LogP contribution in [0.3, 0.4) is 0 Å². The number of benzene rings is 2. The molecule has 0 radical (unpaired) electrons. The van der Waals surface area contributed by atoms with Crippen LogP contribution in [0.4, 0.5) is 0 Å². The van der Waals surface area contributed by atoms with Gasteiger partial charge in [0.05, 0.1) is 6.21 Å². The van der Waals surface area contributed by atoms with Crippen molar-refractivity contribution in [3.05, 3.63) is 65.2 Å². The predicted molar refractivity (Wildman–Crippen MR) is 78.6 cm³/mol. The first kappa shape index (κ1) is 13.1. The zero-order valence-electron chi connectivity index (χ0n) is 11.3. The SMILES string of the molecule is CN/N=C/c1ccc(OCc2ccc(C)cc2)cc1. The van der Waals surface area contributed by atoms with Crippen molar-refractivity contribution in [2.45, 2.75) is 13.5 Å². The van der Waals surface area contributed by atoms with Crippen LogP contribution in [0.15, 0.2) is 53.6 Å². The summed E-state index contributed by atoms with van der Waals surface area (Å²) in [7, 11) is 1.77. The van der Waals surface area contributed by atoms with E-state index in [4.69, 9.17) is 4.74 Å². The molecule has 0 fully saturated rings. The van der Waals surface area contributed by atoms with Crippen LogP contribution in [-0.4, -0.2) is 13.3 Å². The highest BCUT2D eigenvalue weighted by Crippen LogP contribution is 2.13. The van der Waals surface area contributed by atoms with Gasteiger partial charge in [0.1, 0.15) is 12.4 Å². The van der Waals surface area contributed by atoms with Gasteiger partial charge in [0.25, 0.3) is 0 Å². The quantitative estimate of drug-likeness (QED) is 0.657. The van der Waals surface area contributed by atoms with E-state index in [9.17, 15) is 0 Å². The largest absolute Gasteiger partial charge is 0.489 e. The molecule has 3 heteroatoms. The summed E-state index contributed by atoms with van der Waals surface area (Å²) in [4.78, 5) is 0. The highest BCUT2D eigenvalue weighted by molar-refractivity contribution is 5.79. The second-order valence-electron chi connectivity index (χ2n) is 4.33. The van der Waals surface area contributed by atoms with Crippen LogP contribution < -0.4 is 10.2 Å². The minimum atomic E-state index is 0.588. The minimum Gasteiger partial charge on any atom is -0.489 e. The molecule has 2 aromatic rings. The molecule has 0 saturated heterocycles. The summed E-state index contributed by atoms with van der Waals surface area (Å²) >= 11 is 0. The Morgan fingerprint density at radius 1 is 1.05 bits per heavy atom. The van der Waals surface area contributed by atoms with E-state index < -0.39 is 0 Å². The fourth-order valence-corrected chi connectivity index (χ4v) is 1.64. The summed E-state index contributed by atoms with van der Waals surface area (Å²) in [5.41, 5.74) is 6.19. The van der Waals surface area contributed by atoms with Gasteiger partial charge in [0.15, 0.2) is 0 Å². The molecule has 98 valence electrons. The minimum absolute atomic E-state index is 0.588. The normalized spacial score (nSPS) is 10.6. The third kappa shape index (κ3) is 4.14. The van der Waals surface area contributed by atoms with Crippen molar-refractivity contribution >= 4 is 6.21 Å². The third-order valence-corrected chi connectivity index (χ3v) is 2.75. The molecule has 0 aliphatic rings. The fourth-order valence-electron chi connectivity index (χ4n) is 1.64. The van der Waals surface area contributed by atoms with Gasteiger partial charge in [-0.15, -0.1) is 0 Å². The zero-order chi connectivity index (χ0) is 13.5. The van der Waals surface area contributed by atoms with E-state index in [0.717, 1.165) is 11.3 Å². The number of rotatable bonds is 5. The average molecular weight is 254 g/mol. The van der Waals surface area contributed by atoms with Crippen molar-refractivity contribution in [2.75, 3.05) is 7.05 Å². The van der Waals surface area contributed by atoms with E-state index in [-0.39, 0.29) is 0 Å². The van der Waals surface area contributed by atoms with Crippen LogP contribution in [0.2, 0.25) is 0 Å². The van der Waals surface area contributed by atoms with E-state index >= 15 is 0 Å². The van der Waals surface area contributed by atoms with Gasteiger partial charge < -0.3 is 10.2 Å². The van der Waals surface area contributed by atoms with Gasteiger partial charge in [-0.3, -0.25) is 0 Å². The van der Waals surface area contributed by atoms with E-state index in [1.807, 2.05) is 24.3 Å². The number of aryl methyl sites for hydroxylation is 1. The van der Waals surface area contributed by atoms with Crippen LogP contribution >= 0.6 is 0 Å². The second-order valence-corrected chi connectivity index (χ2v) is 4.33. The first-order valence-electron chi connectivity index (χ1n) is 6.26. The first-order chi connectivity index (χ1) is 9.28. The van der Waals surface area contributed by atoms with Gasteiger partial charge in [-0.25, -0.2) is 0 Å². The fraction of sp³-hybridized carbons (Fsp3) is 0.188. The van der Waals surface area contributed by atoms with Gasteiger partial charge in [-0.2, -0.15) is 5.10 Å². The van der Waals surface area contributed by atoms with Crippen LogP contribution in [0.5, 0.6) is 5.75 Å². The Morgan fingerprint density at radius 2 is 1.74 bits per heavy atom. The van der Waals surface area contributed by atoms with Crippen LogP contribution in [0.1, 0.15) is 16.7 Å². The lowest BCUT2D eigenvalue weighted by atomic mass is 10.2. The van der Waals surface area contributed by atoms with E-state index in [2.05, 4.69) is 41.7 Å². The predicted octanol–water partition coefficient (Wildman–Crippen LogP) is 3.13. The Bertz CT molecular complexity index is 530. The Hall–Kier alpha value is -2.29. The molecule has 19 heavy (non-hydrogen) atoms. The maximum Gasteiger partial charge on any atom is 0.119 e. The van der Waals surface area contributed by atoms with Crippen molar-refractivity contribution in [1.82, 2.24) is 5.43 Å². The summed E-state index contributed by atoms with van der Waals surface area (Å²) in [5.74, 6) is 0.863. The molecule has 2 rings (SSSR count). The Labute approximate surface area is 113 Å². The first-order valence-corrected chi connectivity index (χ1v) is 6.26. The van der Waals surface area contributed by atoms with Crippen molar-refractivity contribution in [3.8, 4) is 5.75 Å². The maximum absolute atomic E-state index is 5.73. The molecule has 0 aliphatic heterocycles. The molecule has 0 saturated carbocycles. The molecule has 0 spiro atoms. The number of hydrazone groups is 1. The smallest absolute Gasteiger partial charge is 0.119 e. The second kappa shape index (κ2) is 6.59. The third-order valence-electron chi connectivity index (χ3n) is 2.75. The molecule has 0 amide bonds. The molecule has 1 N–H and O–H groups in total. The lowest BCUT2D eigenvalue weighted by Gasteiger charge is -2.06. The van der Waals surface area contributed by atoms with Gasteiger partial charge >= 0.3 is 0 Å². The molecular formula is C16H18N2O. The monoisotopic (exact) mass is 254 g/mol. The number of hydrogen-bond donors (Lipinski definition) is 1. The summed E-state index contributed by atoms with van der Waals surface area (Å²) in [5, 5.41) is 3.96. The van der Waals surface area contributed by atoms with Crippen LogP contribution in [0.25, 0.3) is 0 Å². The molecule has 0 unspecified atom stereocenters. The lowest BCUT2D eigenvalue weighted by molar-refractivity contribution is 0.306. The average Bonchev–Trinajstić information content (AvgIpc) is 2.46. The van der Waals surface area contributed by atoms with Gasteiger partial charge in [-0.1, -0.05) is 29.8 Å². The number of nitrogens with one attached hydrogen (secondary N) is 1. The number of hydrogen-bond acceptors (Lipinski definition) is 3. The standard InChI is InChI=1S/C16H18N2O/c1-13-3-5-15(6-4-13)12-19-16-9-7-14(8-10-16)11-18-17-2/h3-11,17H,12H2,1-2H3/b18-11+. The van der Waals surface area contributed by atoms with Gasteiger partial charge in [0.2, 0.25) is 0 Å². The topological polar surface area (TPSA) is 33.6 Å². The lowest BCUT2D eigenvalue weighted by Crippen LogP contribution is -1.96. The Balaban J connectivity index is 1.92. The molecule has 0 bridgehead atoms. The molecule has 0 atom stereocenters. The summed E-state index contributed by atoms with van der Waals surface area (Å²) in [6, 6.07) is 16.2. The van der Waals surface area contributed by atoms with E-state index in [1.54, 1.807) is 13.3 Å². The summed E-state index contributed by atoms with van der Waals surface area (Å²) in [6.07, 6.45) is 1.77. The maximum atomic E-state index is 5.73. The molecule has 2 aromatic carbocycles. The molecule has 0 aromatic heterocycles. The van der Waals surface area contributed by atoms with Crippen molar-refractivity contribution in [1.29, 1.82) is 0 Å². The van der Waals surface area contributed by atoms with Gasteiger partial charge in [-0.05, 0) is 42.3 Å². The molecule has 0 heterocycles. The van der Waals surface area contributed by atoms with Crippen LogP contribution in [0, 0.1) is 6.92 Å². The van der Waals surface area contributed by atoms with Crippen molar-refractivity contribution < 1.29 is 4.74 Å². The Morgan fingerprint density at radius 3 is 2.37 bits per heavy atom. The zero-order valence-corrected chi connectivity index (χ0v) is 11.3. The molecule has 3 nitrogen and oxygen atoms in total. The number of nitrogens with zero attached hydrogens (tertiary/aromatic N) is 1. The summed E-state index contributed by atoms with van der Waals surface area (Å²) in [6.45, 7) is 2.67. The summed E-state index contributed by atoms with van der Waals surface area (Å²) < 4.78 is 5.73. The van der Waals surface area contributed by atoms with E-state index in [0.29, 0.717) is 6.61 Å². The molecular weight excluding hydrogens is 236 g/mol. The molecule has 0 aliphatic carbocycles. The highest BCUT2D eigenvalue weighted by Gasteiger charge is 1.96.